The van der Waals surface area contributed by atoms with E-state index in [1.807, 2.05) is 18.2 Å². The third-order valence-electron chi connectivity index (χ3n) is 3.53. The minimum atomic E-state index is 0.1000. The Hall–Kier alpha value is -1.36. The molecule has 1 fully saturated rings. The van der Waals surface area contributed by atoms with Crippen molar-refractivity contribution in [3.8, 4) is 0 Å². The van der Waals surface area contributed by atoms with Crippen molar-refractivity contribution in [1.82, 2.24) is 5.32 Å². The zero-order valence-electron chi connectivity index (χ0n) is 11.8. The molecule has 1 saturated heterocycles. The Balaban J connectivity index is 1.71. The standard InChI is InChI=1S/C16H21NO3/c1-2-7-17-14(11-19-13-9-18-10-13)16-8-12-5-3-4-6-15(12)20-16/h3-6,8,13-14,17H,2,7,9-11H2,1H3. The van der Waals surface area contributed by atoms with E-state index >= 15 is 0 Å². The van der Waals surface area contributed by atoms with E-state index in [2.05, 4.69) is 24.4 Å². The summed E-state index contributed by atoms with van der Waals surface area (Å²) < 4.78 is 16.9. The van der Waals surface area contributed by atoms with Crippen LogP contribution < -0.4 is 5.32 Å². The second-order valence-corrected chi connectivity index (χ2v) is 5.19. The Kier molecular flexibility index (Phi) is 4.35. The lowest BCUT2D eigenvalue weighted by molar-refractivity contribution is -0.133. The molecule has 3 rings (SSSR count). The number of hydrogen-bond acceptors (Lipinski definition) is 4. The lowest BCUT2D eigenvalue weighted by Gasteiger charge is -2.28. The number of para-hydroxylation sites is 1. The van der Waals surface area contributed by atoms with Crippen LogP contribution in [0.2, 0.25) is 0 Å². The first-order valence-corrected chi connectivity index (χ1v) is 7.28. The molecule has 1 aromatic carbocycles. The summed E-state index contributed by atoms with van der Waals surface area (Å²) >= 11 is 0. The van der Waals surface area contributed by atoms with E-state index in [0.29, 0.717) is 19.8 Å². The molecular formula is C16H21NO3. The maximum absolute atomic E-state index is 5.94. The van der Waals surface area contributed by atoms with E-state index in [9.17, 15) is 0 Å². The molecule has 1 aliphatic rings. The third kappa shape index (κ3) is 3.03. The monoisotopic (exact) mass is 275 g/mol. The summed E-state index contributed by atoms with van der Waals surface area (Å²) in [6.45, 7) is 5.14. The molecule has 4 heteroatoms. The van der Waals surface area contributed by atoms with Gasteiger partial charge in [-0.1, -0.05) is 25.1 Å². The molecule has 108 valence electrons. The predicted molar refractivity (Wildman–Crippen MR) is 77.8 cm³/mol. The molecule has 1 aliphatic heterocycles. The van der Waals surface area contributed by atoms with E-state index in [4.69, 9.17) is 13.9 Å². The Morgan fingerprint density at radius 1 is 1.35 bits per heavy atom. The Bertz CT molecular complexity index is 514. The number of ether oxygens (including phenoxy) is 2. The average Bonchev–Trinajstić information content (AvgIpc) is 2.84. The second-order valence-electron chi connectivity index (χ2n) is 5.19. The van der Waals surface area contributed by atoms with Gasteiger partial charge in [0.25, 0.3) is 0 Å². The van der Waals surface area contributed by atoms with Crippen molar-refractivity contribution >= 4 is 11.0 Å². The molecule has 2 heterocycles. The normalized spacial score (nSPS) is 17.2. The van der Waals surface area contributed by atoms with Gasteiger partial charge in [0.1, 0.15) is 17.4 Å². The number of benzene rings is 1. The SMILES string of the molecule is CCCNC(COC1COC1)c1cc2ccccc2o1. The van der Waals surface area contributed by atoms with Gasteiger partial charge in [0.05, 0.1) is 25.9 Å². The van der Waals surface area contributed by atoms with Gasteiger partial charge >= 0.3 is 0 Å². The lowest BCUT2D eigenvalue weighted by atomic mass is 10.2. The van der Waals surface area contributed by atoms with Gasteiger partial charge in [-0.25, -0.2) is 0 Å². The van der Waals surface area contributed by atoms with Crippen molar-refractivity contribution in [2.75, 3.05) is 26.4 Å². The van der Waals surface area contributed by atoms with Crippen LogP contribution in [-0.2, 0) is 9.47 Å². The van der Waals surface area contributed by atoms with E-state index in [1.165, 1.54) is 0 Å². The molecule has 1 unspecified atom stereocenters. The maximum atomic E-state index is 5.94. The van der Waals surface area contributed by atoms with Crippen LogP contribution in [0.1, 0.15) is 25.1 Å². The largest absolute Gasteiger partial charge is 0.459 e. The van der Waals surface area contributed by atoms with E-state index in [-0.39, 0.29) is 12.1 Å². The predicted octanol–water partition coefficient (Wildman–Crippen LogP) is 2.89. The smallest absolute Gasteiger partial charge is 0.134 e. The fourth-order valence-corrected chi connectivity index (χ4v) is 2.28. The number of rotatable bonds is 7. The molecule has 1 aromatic heterocycles. The lowest BCUT2D eigenvalue weighted by Crippen LogP contribution is -2.38. The molecule has 1 atom stereocenters. The Labute approximate surface area is 119 Å². The molecule has 0 spiro atoms. The van der Waals surface area contributed by atoms with Gasteiger partial charge in [-0.15, -0.1) is 0 Å². The zero-order valence-corrected chi connectivity index (χ0v) is 11.8. The molecule has 0 amide bonds. The highest BCUT2D eigenvalue weighted by Crippen LogP contribution is 2.24. The molecular weight excluding hydrogens is 254 g/mol. The van der Waals surface area contributed by atoms with E-state index < -0.39 is 0 Å². The quantitative estimate of drug-likeness (QED) is 0.844. The molecule has 0 bridgehead atoms. The summed E-state index contributed by atoms with van der Waals surface area (Å²) in [7, 11) is 0. The molecule has 2 aromatic rings. The average molecular weight is 275 g/mol. The molecule has 20 heavy (non-hydrogen) atoms. The van der Waals surface area contributed by atoms with Crippen LogP contribution in [0.25, 0.3) is 11.0 Å². The van der Waals surface area contributed by atoms with Gasteiger partial charge in [-0.05, 0) is 25.1 Å². The Morgan fingerprint density at radius 2 is 2.20 bits per heavy atom. The highest BCUT2D eigenvalue weighted by molar-refractivity contribution is 5.77. The summed E-state index contributed by atoms with van der Waals surface area (Å²) in [4.78, 5) is 0. The van der Waals surface area contributed by atoms with Crippen molar-refractivity contribution < 1.29 is 13.9 Å². The molecule has 0 radical (unpaired) electrons. The first-order valence-electron chi connectivity index (χ1n) is 7.28. The summed E-state index contributed by atoms with van der Waals surface area (Å²) in [6.07, 6.45) is 1.33. The zero-order chi connectivity index (χ0) is 13.8. The topological polar surface area (TPSA) is 43.6 Å². The molecule has 1 N–H and O–H groups in total. The van der Waals surface area contributed by atoms with E-state index in [1.54, 1.807) is 0 Å². The van der Waals surface area contributed by atoms with Crippen molar-refractivity contribution in [1.29, 1.82) is 0 Å². The van der Waals surface area contributed by atoms with Crippen LogP contribution in [0.15, 0.2) is 34.7 Å². The van der Waals surface area contributed by atoms with Crippen molar-refractivity contribution in [3.63, 3.8) is 0 Å². The number of nitrogens with one attached hydrogen (secondary N) is 1. The van der Waals surface area contributed by atoms with Gasteiger partial charge < -0.3 is 19.2 Å². The fraction of sp³-hybridized carbons (Fsp3) is 0.500. The first kappa shape index (κ1) is 13.6. The van der Waals surface area contributed by atoms with Gasteiger partial charge in [0, 0.05) is 5.39 Å². The maximum Gasteiger partial charge on any atom is 0.134 e. The first-order chi connectivity index (χ1) is 9.86. The summed E-state index contributed by atoms with van der Waals surface area (Å²) in [5.74, 6) is 0.944. The number of fused-ring (bicyclic) bond motifs is 1. The van der Waals surface area contributed by atoms with Crippen LogP contribution >= 0.6 is 0 Å². The van der Waals surface area contributed by atoms with Crippen molar-refractivity contribution in [2.24, 2.45) is 0 Å². The number of hydrogen-bond donors (Lipinski definition) is 1. The van der Waals surface area contributed by atoms with E-state index in [0.717, 1.165) is 29.7 Å². The van der Waals surface area contributed by atoms with Crippen LogP contribution in [0.4, 0.5) is 0 Å². The van der Waals surface area contributed by atoms with Crippen LogP contribution in [0.5, 0.6) is 0 Å². The van der Waals surface area contributed by atoms with Crippen LogP contribution in [0.3, 0.4) is 0 Å². The summed E-state index contributed by atoms with van der Waals surface area (Å²) in [5.41, 5.74) is 0.928. The highest BCUT2D eigenvalue weighted by Gasteiger charge is 2.22. The van der Waals surface area contributed by atoms with Gasteiger partial charge in [-0.3, -0.25) is 0 Å². The summed E-state index contributed by atoms with van der Waals surface area (Å²) in [5, 5.41) is 4.63. The minimum Gasteiger partial charge on any atom is -0.459 e. The van der Waals surface area contributed by atoms with Crippen molar-refractivity contribution in [3.05, 3.63) is 36.1 Å². The Morgan fingerprint density at radius 3 is 2.90 bits per heavy atom. The third-order valence-corrected chi connectivity index (χ3v) is 3.53. The minimum absolute atomic E-state index is 0.1000. The van der Waals surface area contributed by atoms with Gasteiger partial charge in [0.15, 0.2) is 0 Å². The fourth-order valence-electron chi connectivity index (χ4n) is 2.28. The second kappa shape index (κ2) is 6.39. The molecule has 0 aliphatic carbocycles. The van der Waals surface area contributed by atoms with Crippen molar-refractivity contribution in [2.45, 2.75) is 25.5 Å². The number of furan rings is 1. The van der Waals surface area contributed by atoms with Gasteiger partial charge in [0.2, 0.25) is 0 Å². The molecule has 4 nitrogen and oxygen atoms in total. The highest BCUT2D eigenvalue weighted by atomic mass is 16.6. The van der Waals surface area contributed by atoms with Gasteiger partial charge in [-0.2, -0.15) is 0 Å². The summed E-state index contributed by atoms with van der Waals surface area (Å²) in [6, 6.07) is 10.3. The molecule has 0 saturated carbocycles. The van der Waals surface area contributed by atoms with Crippen LogP contribution in [0, 0.1) is 0 Å². The van der Waals surface area contributed by atoms with Crippen LogP contribution in [-0.4, -0.2) is 32.5 Å².